The molecule has 18 heavy (non-hydrogen) atoms. The molecule has 2 N–H and O–H groups in total. The predicted molar refractivity (Wildman–Crippen MR) is 72.1 cm³/mol. The summed E-state index contributed by atoms with van der Waals surface area (Å²) in [5.41, 5.74) is 1.62. The van der Waals surface area contributed by atoms with Crippen LogP contribution in [0.2, 0.25) is 0 Å². The molecule has 0 aliphatic carbocycles. The molecule has 0 saturated heterocycles. The van der Waals surface area contributed by atoms with Gasteiger partial charge >= 0.3 is 0 Å². The van der Waals surface area contributed by atoms with E-state index >= 15 is 0 Å². The standard InChI is InChI=1S/C12H9BrN4O/c13-10-7-15-17-11(5-6-14-12(10)17)16-8-1-3-9(18)4-2-8/h1-7,16,18H. The third-order valence-corrected chi connectivity index (χ3v) is 3.06. The molecular weight excluding hydrogens is 296 g/mol. The number of rotatable bonds is 2. The van der Waals surface area contributed by atoms with Gasteiger partial charge in [0, 0.05) is 11.9 Å². The molecule has 2 aromatic heterocycles. The van der Waals surface area contributed by atoms with Gasteiger partial charge < -0.3 is 10.4 Å². The average molecular weight is 305 g/mol. The minimum absolute atomic E-state index is 0.238. The van der Waals surface area contributed by atoms with Crippen molar-refractivity contribution in [2.75, 3.05) is 5.32 Å². The van der Waals surface area contributed by atoms with E-state index in [9.17, 15) is 5.11 Å². The molecular formula is C12H9BrN4O. The van der Waals surface area contributed by atoms with Crippen LogP contribution >= 0.6 is 15.9 Å². The summed E-state index contributed by atoms with van der Waals surface area (Å²) in [4.78, 5) is 4.23. The van der Waals surface area contributed by atoms with Crippen LogP contribution in [0.15, 0.2) is 47.2 Å². The Morgan fingerprint density at radius 2 is 1.94 bits per heavy atom. The van der Waals surface area contributed by atoms with E-state index in [0.717, 1.165) is 21.6 Å². The lowest BCUT2D eigenvalue weighted by atomic mass is 10.3. The molecule has 0 aliphatic rings. The summed E-state index contributed by atoms with van der Waals surface area (Å²) in [6.07, 6.45) is 3.41. The predicted octanol–water partition coefficient (Wildman–Crippen LogP) is 2.94. The molecule has 0 bridgehead atoms. The first kappa shape index (κ1) is 11.0. The zero-order valence-electron chi connectivity index (χ0n) is 9.21. The highest BCUT2D eigenvalue weighted by Gasteiger charge is 2.06. The number of aromatic nitrogens is 3. The van der Waals surface area contributed by atoms with Crippen LogP contribution in [-0.4, -0.2) is 19.7 Å². The van der Waals surface area contributed by atoms with Crippen molar-refractivity contribution < 1.29 is 5.11 Å². The molecule has 0 unspecified atom stereocenters. The van der Waals surface area contributed by atoms with E-state index in [4.69, 9.17) is 0 Å². The second kappa shape index (κ2) is 4.30. The summed E-state index contributed by atoms with van der Waals surface area (Å²) in [7, 11) is 0. The Kier molecular flexibility index (Phi) is 2.64. The summed E-state index contributed by atoms with van der Waals surface area (Å²) in [6.45, 7) is 0. The van der Waals surface area contributed by atoms with Crippen molar-refractivity contribution in [1.29, 1.82) is 0 Å². The van der Waals surface area contributed by atoms with Gasteiger partial charge in [-0.2, -0.15) is 9.61 Å². The Labute approximate surface area is 111 Å². The number of nitrogens with one attached hydrogen (secondary N) is 1. The number of fused-ring (bicyclic) bond motifs is 1. The van der Waals surface area contributed by atoms with E-state index in [2.05, 4.69) is 31.3 Å². The second-order valence-electron chi connectivity index (χ2n) is 3.73. The molecule has 90 valence electrons. The molecule has 5 nitrogen and oxygen atoms in total. The molecule has 0 aliphatic heterocycles. The summed E-state index contributed by atoms with van der Waals surface area (Å²) < 4.78 is 2.55. The van der Waals surface area contributed by atoms with Crippen LogP contribution in [0.4, 0.5) is 11.5 Å². The Balaban J connectivity index is 2.02. The van der Waals surface area contributed by atoms with Crippen molar-refractivity contribution in [3.05, 3.63) is 47.2 Å². The van der Waals surface area contributed by atoms with Crippen LogP contribution in [0.1, 0.15) is 0 Å². The van der Waals surface area contributed by atoms with E-state index in [1.54, 1.807) is 41.2 Å². The number of phenols is 1. The lowest BCUT2D eigenvalue weighted by Crippen LogP contribution is -2.00. The van der Waals surface area contributed by atoms with Gasteiger partial charge in [0.1, 0.15) is 11.6 Å². The number of anilines is 2. The van der Waals surface area contributed by atoms with Gasteiger partial charge in [0.25, 0.3) is 0 Å². The fourth-order valence-electron chi connectivity index (χ4n) is 1.65. The minimum Gasteiger partial charge on any atom is -0.508 e. The van der Waals surface area contributed by atoms with Crippen LogP contribution in [0.3, 0.4) is 0 Å². The first-order valence-corrected chi connectivity index (χ1v) is 6.07. The quantitative estimate of drug-likeness (QED) is 0.715. The number of halogens is 1. The molecule has 0 amide bonds. The highest BCUT2D eigenvalue weighted by atomic mass is 79.9. The van der Waals surface area contributed by atoms with Gasteiger partial charge in [-0.1, -0.05) is 0 Å². The highest BCUT2D eigenvalue weighted by Crippen LogP contribution is 2.22. The zero-order chi connectivity index (χ0) is 12.5. The zero-order valence-corrected chi connectivity index (χ0v) is 10.8. The molecule has 0 spiro atoms. The van der Waals surface area contributed by atoms with Crippen LogP contribution in [-0.2, 0) is 0 Å². The molecule has 6 heteroatoms. The van der Waals surface area contributed by atoms with Crippen molar-refractivity contribution in [3.8, 4) is 5.75 Å². The molecule has 3 aromatic rings. The van der Waals surface area contributed by atoms with Crippen LogP contribution in [0.5, 0.6) is 5.75 Å². The maximum atomic E-state index is 9.24. The van der Waals surface area contributed by atoms with Crippen molar-refractivity contribution in [3.63, 3.8) is 0 Å². The average Bonchev–Trinajstić information content (AvgIpc) is 2.76. The van der Waals surface area contributed by atoms with Gasteiger partial charge in [-0.15, -0.1) is 0 Å². The van der Waals surface area contributed by atoms with Crippen molar-refractivity contribution in [2.24, 2.45) is 0 Å². The molecule has 1 aromatic carbocycles. The molecule has 0 fully saturated rings. The van der Waals surface area contributed by atoms with E-state index in [-0.39, 0.29) is 5.75 Å². The van der Waals surface area contributed by atoms with Crippen LogP contribution in [0, 0.1) is 0 Å². The Morgan fingerprint density at radius 1 is 1.17 bits per heavy atom. The number of nitrogens with zero attached hydrogens (tertiary/aromatic N) is 3. The first-order valence-electron chi connectivity index (χ1n) is 5.28. The second-order valence-corrected chi connectivity index (χ2v) is 4.58. The topological polar surface area (TPSA) is 62.5 Å². The van der Waals surface area contributed by atoms with Gasteiger partial charge in [-0.25, -0.2) is 4.98 Å². The summed E-state index contributed by atoms with van der Waals surface area (Å²) in [5.74, 6) is 1.04. The third-order valence-electron chi connectivity index (χ3n) is 2.50. The Morgan fingerprint density at radius 3 is 2.72 bits per heavy atom. The maximum absolute atomic E-state index is 9.24. The van der Waals surface area contributed by atoms with Crippen molar-refractivity contribution in [2.45, 2.75) is 0 Å². The van der Waals surface area contributed by atoms with Crippen LogP contribution in [0.25, 0.3) is 5.65 Å². The largest absolute Gasteiger partial charge is 0.508 e. The SMILES string of the molecule is Oc1ccc(Nc2ccnc3c(Br)cnn23)cc1. The number of benzene rings is 1. The summed E-state index contributed by atoms with van der Waals surface area (Å²) in [5, 5.41) is 16.7. The van der Waals surface area contributed by atoms with Gasteiger partial charge in [-0.05, 0) is 46.3 Å². The van der Waals surface area contributed by atoms with Gasteiger partial charge in [0.05, 0.1) is 10.7 Å². The lowest BCUT2D eigenvalue weighted by molar-refractivity contribution is 0.475. The number of aromatic hydroxyl groups is 1. The third kappa shape index (κ3) is 1.91. The number of hydrogen-bond acceptors (Lipinski definition) is 4. The van der Waals surface area contributed by atoms with E-state index in [1.165, 1.54) is 0 Å². The van der Waals surface area contributed by atoms with Crippen molar-refractivity contribution in [1.82, 2.24) is 14.6 Å². The maximum Gasteiger partial charge on any atom is 0.171 e. The summed E-state index contributed by atoms with van der Waals surface area (Å²) in [6, 6.07) is 8.67. The number of hydrogen-bond donors (Lipinski definition) is 2. The van der Waals surface area contributed by atoms with Gasteiger partial charge in [0.15, 0.2) is 5.65 Å². The molecule has 0 atom stereocenters. The summed E-state index contributed by atoms with van der Waals surface area (Å²) >= 11 is 3.39. The normalized spacial score (nSPS) is 10.7. The molecule has 2 heterocycles. The monoisotopic (exact) mass is 304 g/mol. The number of phenolic OH excluding ortho intramolecular Hbond substituents is 1. The Hall–Kier alpha value is -2.08. The van der Waals surface area contributed by atoms with Gasteiger partial charge in [0.2, 0.25) is 0 Å². The highest BCUT2D eigenvalue weighted by molar-refractivity contribution is 9.10. The molecule has 0 radical (unpaired) electrons. The first-order chi connectivity index (χ1) is 8.74. The van der Waals surface area contributed by atoms with Crippen molar-refractivity contribution >= 4 is 33.1 Å². The smallest absolute Gasteiger partial charge is 0.171 e. The van der Waals surface area contributed by atoms with E-state index in [0.29, 0.717) is 0 Å². The molecule has 3 rings (SSSR count). The van der Waals surface area contributed by atoms with Gasteiger partial charge in [-0.3, -0.25) is 0 Å². The lowest BCUT2D eigenvalue weighted by Gasteiger charge is -2.07. The molecule has 0 saturated carbocycles. The van der Waals surface area contributed by atoms with Crippen LogP contribution < -0.4 is 5.32 Å². The van der Waals surface area contributed by atoms with E-state index < -0.39 is 0 Å². The fraction of sp³-hybridized carbons (Fsp3) is 0. The minimum atomic E-state index is 0.238. The Bertz CT molecular complexity index is 693. The fourth-order valence-corrected chi connectivity index (χ4v) is 2.01. The van der Waals surface area contributed by atoms with E-state index in [1.807, 2.05) is 6.07 Å².